The van der Waals surface area contributed by atoms with Crippen LogP contribution in [0.5, 0.6) is 11.5 Å². The standard InChI is InChI=1S/C13H18O2/c1-9(2)11-6-7-12(15-10(3)4)13(8-11)14-5/h6-9H,3H2,1-2,4-5H3. The number of allylic oxidation sites excluding steroid dienone is 1. The van der Waals surface area contributed by atoms with Gasteiger partial charge in [0.15, 0.2) is 11.5 Å². The molecule has 0 unspecified atom stereocenters. The van der Waals surface area contributed by atoms with Crippen molar-refractivity contribution in [2.75, 3.05) is 7.11 Å². The Morgan fingerprint density at radius 1 is 1.27 bits per heavy atom. The Balaban J connectivity index is 3.03. The van der Waals surface area contributed by atoms with Crippen LogP contribution in [0.4, 0.5) is 0 Å². The minimum absolute atomic E-state index is 0.484. The molecule has 0 amide bonds. The average Bonchev–Trinajstić information content (AvgIpc) is 2.17. The summed E-state index contributed by atoms with van der Waals surface area (Å²) in [5, 5.41) is 0. The Morgan fingerprint density at radius 2 is 1.93 bits per heavy atom. The molecule has 0 N–H and O–H groups in total. The van der Waals surface area contributed by atoms with E-state index in [-0.39, 0.29) is 0 Å². The smallest absolute Gasteiger partial charge is 0.168 e. The maximum atomic E-state index is 5.45. The maximum absolute atomic E-state index is 5.45. The summed E-state index contributed by atoms with van der Waals surface area (Å²) in [4.78, 5) is 0. The molecule has 2 heteroatoms. The highest BCUT2D eigenvalue weighted by Gasteiger charge is 2.07. The molecule has 0 heterocycles. The predicted octanol–water partition coefficient (Wildman–Crippen LogP) is 3.73. The zero-order chi connectivity index (χ0) is 11.4. The van der Waals surface area contributed by atoms with E-state index in [0.717, 1.165) is 11.5 Å². The number of methoxy groups -OCH3 is 1. The van der Waals surface area contributed by atoms with Crippen molar-refractivity contribution in [3.63, 3.8) is 0 Å². The van der Waals surface area contributed by atoms with Gasteiger partial charge in [0.2, 0.25) is 0 Å². The van der Waals surface area contributed by atoms with Crippen LogP contribution in [0.3, 0.4) is 0 Å². The van der Waals surface area contributed by atoms with Gasteiger partial charge in [-0.05, 0) is 30.5 Å². The Hall–Kier alpha value is -1.44. The van der Waals surface area contributed by atoms with E-state index in [1.165, 1.54) is 5.56 Å². The van der Waals surface area contributed by atoms with Gasteiger partial charge >= 0.3 is 0 Å². The van der Waals surface area contributed by atoms with E-state index >= 15 is 0 Å². The largest absolute Gasteiger partial charge is 0.493 e. The second kappa shape index (κ2) is 4.87. The van der Waals surface area contributed by atoms with Crippen molar-refractivity contribution in [1.82, 2.24) is 0 Å². The molecule has 1 aromatic rings. The monoisotopic (exact) mass is 206 g/mol. The molecule has 0 atom stereocenters. The highest BCUT2D eigenvalue weighted by Crippen LogP contribution is 2.31. The van der Waals surface area contributed by atoms with Crippen molar-refractivity contribution in [2.24, 2.45) is 0 Å². The third-order valence-electron chi connectivity index (χ3n) is 2.14. The normalized spacial score (nSPS) is 10.2. The van der Waals surface area contributed by atoms with Crippen LogP contribution < -0.4 is 9.47 Å². The Bertz CT molecular complexity index is 354. The molecular formula is C13H18O2. The molecule has 1 aromatic carbocycles. The van der Waals surface area contributed by atoms with Gasteiger partial charge in [0.1, 0.15) is 0 Å². The average molecular weight is 206 g/mol. The van der Waals surface area contributed by atoms with Crippen LogP contribution in [0.1, 0.15) is 32.3 Å². The van der Waals surface area contributed by atoms with Gasteiger partial charge in [-0.3, -0.25) is 0 Å². The molecule has 0 aliphatic carbocycles. The predicted molar refractivity (Wildman–Crippen MR) is 62.5 cm³/mol. The molecule has 0 spiro atoms. The van der Waals surface area contributed by atoms with Gasteiger partial charge in [-0.25, -0.2) is 0 Å². The van der Waals surface area contributed by atoms with Gasteiger partial charge in [0.25, 0.3) is 0 Å². The summed E-state index contributed by atoms with van der Waals surface area (Å²) in [6, 6.07) is 5.97. The highest BCUT2D eigenvalue weighted by molar-refractivity contribution is 5.44. The van der Waals surface area contributed by atoms with Crippen LogP contribution in [-0.2, 0) is 0 Å². The Kier molecular flexibility index (Phi) is 3.78. The fourth-order valence-corrected chi connectivity index (χ4v) is 1.32. The van der Waals surface area contributed by atoms with Crippen molar-refractivity contribution >= 4 is 0 Å². The van der Waals surface area contributed by atoms with E-state index in [4.69, 9.17) is 9.47 Å². The van der Waals surface area contributed by atoms with Gasteiger partial charge in [-0.15, -0.1) is 0 Å². The molecule has 0 aliphatic heterocycles. The second-order valence-corrected chi connectivity index (χ2v) is 3.87. The molecule has 0 radical (unpaired) electrons. The number of hydrogen-bond acceptors (Lipinski definition) is 2. The van der Waals surface area contributed by atoms with Crippen molar-refractivity contribution in [1.29, 1.82) is 0 Å². The van der Waals surface area contributed by atoms with E-state index in [2.05, 4.69) is 20.4 Å². The third-order valence-corrected chi connectivity index (χ3v) is 2.14. The molecule has 0 saturated heterocycles. The number of rotatable bonds is 4. The summed E-state index contributed by atoms with van der Waals surface area (Å²) in [6.07, 6.45) is 0. The van der Waals surface area contributed by atoms with Gasteiger partial charge in [0.05, 0.1) is 12.9 Å². The van der Waals surface area contributed by atoms with E-state index in [0.29, 0.717) is 11.7 Å². The summed E-state index contributed by atoms with van der Waals surface area (Å²) >= 11 is 0. The van der Waals surface area contributed by atoms with Crippen molar-refractivity contribution < 1.29 is 9.47 Å². The molecule has 0 saturated carbocycles. The summed E-state index contributed by atoms with van der Waals surface area (Å²) in [5.41, 5.74) is 1.24. The minimum atomic E-state index is 0.484. The molecule has 0 aliphatic rings. The molecule has 15 heavy (non-hydrogen) atoms. The quantitative estimate of drug-likeness (QED) is 0.699. The SMILES string of the molecule is C=C(C)Oc1ccc(C(C)C)cc1OC. The topological polar surface area (TPSA) is 18.5 Å². The molecule has 82 valence electrons. The highest BCUT2D eigenvalue weighted by atomic mass is 16.5. The lowest BCUT2D eigenvalue weighted by atomic mass is 10.0. The first-order chi connectivity index (χ1) is 7.04. The van der Waals surface area contributed by atoms with Crippen LogP contribution in [0.2, 0.25) is 0 Å². The van der Waals surface area contributed by atoms with Crippen molar-refractivity contribution in [3.05, 3.63) is 36.1 Å². The lowest BCUT2D eigenvalue weighted by Crippen LogP contribution is -1.95. The van der Waals surface area contributed by atoms with E-state index in [9.17, 15) is 0 Å². The van der Waals surface area contributed by atoms with Crippen LogP contribution >= 0.6 is 0 Å². The lowest BCUT2D eigenvalue weighted by Gasteiger charge is -2.13. The van der Waals surface area contributed by atoms with Crippen molar-refractivity contribution in [3.8, 4) is 11.5 Å². The van der Waals surface area contributed by atoms with Crippen LogP contribution in [0.25, 0.3) is 0 Å². The minimum Gasteiger partial charge on any atom is -0.493 e. The molecule has 0 fully saturated rings. The second-order valence-electron chi connectivity index (χ2n) is 3.87. The zero-order valence-electron chi connectivity index (χ0n) is 9.83. The van der Waals surface area contributed by atoms with E-state index in [1.807, 2.05) is 25.1 Å². The number of benzene rings is 1. The van der Waals surface area contributed by atoms with Crippen LogP contribution in [-0.4, -0.2) is 7.11 Å². The zero-order valence-corrected chi connectivity index (χ0v) is 9.83. The summed E-state index contributed by atoms with van der Waals surface area (Å²) in [6.45, 7) is 9.81. The summed E-state index contributed by atoms with van der Waals surface area (Å²) in [5.74, 6) is 2.61. The van der Waals surface area contributed by atoms with E-state index in [1.54, 1.807) is 7.11 Å². The first kappa shape index (κ1) is 11.6. The molecule has 0 bridgehead atoms. The van der Waals surface area contributed by atoms with Crippen molar-refractivity contribution in [2.45, 2.75) is 26.7 Å². The molecular weight excluding hydrogens is 188 g/mol. The van der Waals surface area contributed by atoms with Gasteiger partial charge < -0.3 is 9.47 Å². The molecule has 1 rings (SSSR count). The maximum Gasteiger partial charge on any atom is 0.168 e. The van der Waals surface area contributed by atoms with Crippen LogP contribution in [0, 0.1) is 0 Å². The Morgan fingerprint density at radius 3 is 2.40 bits per heavy atom. The fraction of sp³-hybridized carbons (Fsp3) is 0.385. The fourth-order valence-electron chi connectivity index (χ4n) is 1.32. The first-order valence-electron chi connectivity index (χ1n) is 5.06. The third kappa shape index (κ3) is 3.01. The molecule has 2 nitrogen and oxygen atoms in total. The first-order valence-corrected chi connectivity index (χ1v) is 5.06. The Labute approximate surface area is 91.5 Å². The van der Waals surface area contributed by atoms with Gasteiger partial charge in [-0.1, -0.05) is 26.5 Å². The lowest BCUT2D eigenvalue weighted by molar-refractivity contribution is 0.362. The number of ether oxygens (including phenoxy) is 2. The van der Waals surface area contributed by atoms with Gasteiger partial charge in [0, 0.05) is 0 Å². The summed E-state index contributed by atoms with van der Waals surface area (Å²) < 4.78 is 10.7. The van der Waals surface area contributed by atoms with Gasteiger partial charge in [-0.2, -0.15) is 0 Å². The molecule has 0 aromatic heterocycles. The van der Waals surface area contributed by atoms with E-state index < -0.39 is 0 Å². The van der Waals surface area contributed by atoms with Crippen LogP contribution in [0.15, 0.2) is 30.5 Å². The number of hydrogen-bond donors (Lipinski definition) is 0. The summed E-state index contributed by atoms with van der Waals surface area (Å²) in [7, 11) is 1.64.